The second-order valence-electron chi connectivity index (χ2n) is 5.64. The largest absolute Gasteiger partial charge is 0.493 e. The minimum Gasteiger partial charge on any atom is -0.493 e. The lowest BCUT2D eigenvalue weighted by Crippen LogP contribution is -1.94. The van der Waals surface area contributed by atoms with Crippen LogP contribution < -0.4 is 0 Å². The van der Waals surface area contributed by atoms with Crippen LogP contribution in [0.15, 0.2) is 53.5 Å². The van der Waals surface area contributed by atoms with Gasteiger partial charge in [-0.2, -0.15) is 0 Å². The highest BCUT2D eigenvalue weighted by atomic mass is 32.1. The second kappa shape index (κ2) is 6.06. The summed E-state index contributed by atoms with van der Waals surface area (Å²) in [6.07, 6.45) is 1.89. The van der Waals surface area contributed by atoms with Crippen LogP contribution in [0.25, 0.3) is 17.3 Å². The lowest BCUT2D eigenvalue weighted by atomic mass is 10.0. The molecule has 1 aliphatic heterocycles. The van der Waals surface area contributed by atoms with Gasteiger partial charge in [0.2, 0.25) is 5.88 Å². The highest BCUT2D eigenvalue weighted by Crippen LogP contribution is 2.38. The molecule has 1 N–H and O–H groups in total. The molecule has 0 bridgehead atoms. The van der Waals surface area contributed by atoms with Crippen molar-refractivity contribution in [3.8, 4) is 11.6 Å². The molecule has 0 spiro atoms. The third-order valence-corrected chi connectivity index (χ3v) is 5.34. The Labute approximate surface area is 153 Å². The molecule has 2 aromatic carbocycles. The molecule has 25 heavy (non-hydrogen) atoms. The van der Waals surface area contributed by atoms with E-state index in [2.05, 4.69) is 4.99 Å². The van der Waals surface area contributed by atoms with Gasteiger partial charge >= 0.3 is 0 Å². The van der Waals surface area contributed by atoms with Gasteiger partial charge in [-0.1, -0.05) is 24.3 Å². The van der Waals surface area contributed by atoms with Gasteiger partial charge in [0.15, 0.2) is 3.95 Å². The fourth-order valence-corrected chi connectivity index (χ4v) is 4.16. The van der Waals surface area contributed by atoms with Crippen LogP contribution in [-0.4, -0.2) is 15.4 Å². The molecular weight excluding hydrogens is 355 g/mol. The zero-order valence-electron chi connectivity index (χ0n) is 13.2. The van der Waals surface area contributed by atoms with Gasteiger partial charge in [-0.3, -0.25) is 9.56 Å². The van der Waals surface area contributed by atoms with E-state index in [-0.39, 0.29) is 11.7 Å². The zero-order valence-corrected chi connectivity index (χ0v) is 14.9. The van der Waals surface area contributed by atoms with Crippen LogP contribution in [0.3, 0.4) is 0 Å². The van der Waals surface area contributed by atoms with E-state index in [9.17, 15) is 9.50 Å². The van der Waals surface area contributed by atoms with Crippen LogP contribution in [0.5, 0.6) is 5.88 Å². The van der Waals surface area contributed by atoms with E-state index in [0.29, 0.717) is 14.5 Å². The van der Waals surface area contributed by atoms with Gasteiger partial charge in [0, 0.05) is 16.8 Å². The van der Waals surface area contributed by atoms with Crippen LogP contribution in [0, 0.1) is 9.77 Å². The summed E-state index contributed by atoms with van der Waals surface area (Å²) < 4.78 is 15.4. The van der Waals surface area contributed by atoms with E-state index >= 15 is 0 Å². The third-order valence-electron chi connectivity index (χ3n) is 4.03. The molecule has 0 fully saturated rings. The number of hydrogen-bond acceptors (Lipinski definition) is 4. The van der Waals surface area contributed by atoms with E-state index in [4.69, 9.17) is 12.2 Å². The first kappa shape index (κ1) is 15.9. The van der Waals surface area contributed by atoms with E-state index in [1.54, 1.807) is 12.1 Å². The van der Waals surface area contributed by atoms with E-state index in [0.717, 1.165) is 22.5 Å². The molecule has 124 valence electrons. The fourth-order valence-electron chi connectivity index (χ4n) is 2.87. The van der Waals surface area contributed by atoms with Gasteiger partial charge in [-0.25, -0.2) is 4.39 Å². The summed E-state index contributed by atoms with van der Waals surface area (Å²) in [5.74, 6) is -0.372. The molecule has 0 unspecified atom stereocenters. The summed E-state index contributed by atoms with van der Waals surface area (Å²) >= 11 is 6.65. The number of benzene rings is 2. The van der Waals surface area contributed by atoms with Crippen molar-refractivity contribution in [2.24, 2.45) is 4.99 Å². The molecule has 0 saturated carbocycles. The number of aliphatic imine (C=N–C) groups is 1. The highest BCUT2D eigenvalue weighted by molar-refractivity contribution is 7.73. The number of para-hydroxylation sites is 1. The van der Waals surface area contributed by atoms with Crippen molar-refractivity contribution in [2.75, 3.05) is 0 Å². The zero-order chi connectivity index (χ0) is 17.6. The van der Waals surface area contributed by atoms with Gasteiger partial charge in [-0.05, 0) is 49.5 Å². The van der Waals surface area contributed by atoms with Crippen LogP contribution in [0.1, 0.15) is 17.4 Å². The first-order valence-corrected chi connectivity index (χ1v) is 8.84. The molecule has 0 saturated heterocycles. The predicted molar refractivity (Wildman–Crippen MR) is 103 cm³/mol. The monoisotopic (exact) mass is 368 g/mol. The first-order chi connectivity index (χ1) is 12.0. The maximum absolute atomic E-state index is 13.5. The first-order valence-electron chi connectivity index (χ1n) is 7.62. The van der Waals surface area contributed by atoms with Crippen molar-refractivity contribution in [3.05, 3.63) is 68.7 Å². The average Bonchev–Trinajstić information content (AvgIpc) is 3.04. The molecule has 3 aromatic rings. The lowest BCUT2D eigenvalue weighted by Gasteiger charge is -2.05. The average molecular weight is 368 g/mol. The predicted octanol–water partition coefficient (Wildman–Crippen LogP) is 5.76. The maximum Gasteiger partial charge on any atom is 0.215 e. The van der Waals surface area contributed by atoms with Crippen LogP contribution >= 0.6 is 23.6 Å². The number of aromatic hydroxyl groups is 1. The number of nitrogens with zero attached hydrogens (tertiary/aromatic N) is 2. The number of halogens is 1. The SMILES string of the molecule is CC1=Nc2ccccc2C1=Cc1sc(=S)n(-c2cccc(F)c2)c1O. The molecule has 1 aromatic heterocycles. The minimum atomic E-state index is -0.377. The van der Waals surface area contributed by atoms with Crippen molar-refractivity contribution in [1.29, 1.82) is 0 Å². The molecule has 1 aliphatic rings. The highest BCUT2D eigenvalue weighted by Gasteiger charge is 2.19. The van der Waals surface area contributed by atoms with Crippen LogP contribution in [-0.2, 0) is 0 Å². The Hall–Kier alpha value is -2.57. The van der Waals surface area contributed by atoms with E-state index in [1.165, 1.54) is 28.0 Å². The molecule has 3 nitrogen and oxygen atoms in total. The standard InChI is InChI=1S/C19H13FN2OS2/c1-11-15(14-7-2-3-8-16(14)21-11)10-17-18(23)22(19(24)25-17)13-6-4-5-12(20)9-13/h2-10,23H,1H3. The molecule has 2 heterocycles. The summed E-state index contributed by atoms with van der Waals surface area (Å²) in [5, 5.41) is 10.6. The molecule has 0 amide bonds. The molecular formula is C19H13FN2OS2. The summed E-state index contributed by atoms with van der Waals surface area (Å²) in [4.78, 5) is 5.17. The topological polar surface area (TPSA) is 37.5 Å². The summed E-state index contributed by atoms with van der Waals surface area (Å²) in [6, 6.07) is 13.9. The van der Waals surface area contributed by atoms with Crippen LogP contribution in [0.2, 0.25) is 0 Å². The Balaban J connectivity index is 1.85. The smallest absolute Gasteiger partial charge is 0.215 e. The number of thiazole rings is 1. The molecule has 0 radical (unpaired) electrons. The van der Waals surface area contributed by atoms with Gasteiger partial charge in [-0.15, -0.1) is 11.3 Å². The Bertz CT molecular complexity index is 1110. The number of aromatic nitrogens is 1. The number of rotatable bonds is 2. The number of hydrogen-bond donors (Lipinski definition) is 1. The summed E-state index contributed by atoms with van der Waals surface area (Å²) in [6.45, 7) is 1.94. The molecule has 0 aliphatic carbocycles. The summed E-state index contributed by atoms with van der Waals surface area (Å²) in [7, 11) is 0. The molecule has 6 heteroatoms. The molecule has 4 rings (SSSR count). The Morgan fingerprint density at radius 3 is 2.80 bits per heavy atom. The fraction of sp³-hybridized carbons (Fsp3) is 0.0526. The van der Waals surface area contributed by atoms with Crippen molar-refractivity contribution in [2.45, 2.75) is 6.92 Å². The minimum absolute atomic E-state index is 0.00489. The maximum atomic E-state index is 13.5. The van der Waals surface area contributed by atoms with Gasteiger partial charge in [0.1, 0.15) is 5.82 Å². The lowest BCUT2D eigenvalue weighted by molar-refractivity contribution is 0.441. The second-order valence-corrected chi connectivity index (χ2v) is 7.32. The third kappa shape index (κ3) is 2.73. The normalized spacial score (nSPS) is 14.6. The van der Waals surface area contributed by atoms with Crippen molar-refractivity contribution in [1.82, 2.24) is 4.57 Å². The van der Waals surface area contributed by atoms with Gasteiger partial charge < -0.3 is 5.11 Å². The number of allylic oxidation sites excluding steroid dienone is 1. The van der Waals surface area contributed by atoms with Crippen LogP contribution in [0.4, 0.5) is 10.1 Å². The number of fused-ring (bicyclic) bond motifs is 1. The van der Waals surface area contributed by atoms with E-state index < -0.39 is 0 Å². The Kier molecular flexibility index (Phi) is 3.86. The Morgan fingerprint density at radius 1 is 1.20 bits per heavy atom. The molecule has 0 atom stereocenters. The quantitative estimate of drug-likeness (QED) is 0.584. The van der Waals surface area contributed by atoms with Crippen molar-refractivity contribution >= 4 is 46.6 Å². The van der Waals surface area contributed by atoms with E-state index in [1.807, 2.05) is 37.3 Å². The van der Waals surface area contributed by atoms with Crippen molar-refractivity contribution in [3.63, 3.8) is 0 Å². The van der Waals surface area contributed by atoms with Crippen molar-refractivity contribution < 1.29 is 9.50 Å². The Morgan fingerprint density at radius 2 is 2.00 bits per heavy atom. The van der Waals surface area contributed by atoms with Gasteiger partial charge in [0.05, 0.1) is 16.3 Å². The summed E-state index contributed by atoms with van der Waals surface area (Å²) in [5.41, 5.74) is 4.28. The van der Waals surface area contributed by atoms with Gasteiger partial charge in [0.25, 0.3) is 0 Å².